The number of carbonyl (C=O) groups is 1. The van der Waals surface area contributed by atoms with Crippen LogP contribution < -0.4 is 5.32 Å². The van der Waals surface area contributed by atoms with Crippen LogP contribution in [0.25, 0.3) is 11.1 Å². The summed E-state index contributed by atoms with van der Waals surface area (Å²) in [7, 11) is -2.34. The van der Waals surface area contributed by atoms with Gasteiger partial charge in [0.2, 0.25) is 10.0 Å². The minimum absolute atomic E-state index is 0.0338. The quantitative estimate of drug-likeness (QED) is 0.264. The second-order valence-corrected chi connectivity index (χ2v) is 13.4. The largest absolute Gasteiger partial charge is 0.481 e. The third-order valence-electron chi connectivity index (χ3n) is 6.64. The maximum absolute atomic E-state index is 13.2. The van der Waals surface area contributed by atoms with Crippen molar-refractivity contribution in [3.8, 4) is 11.1 Å². The number of hydrogen-bond acceptors (Lipinski definition) is 6. The number of nitrogens with one attached hydrogen (secondary N) is 1. The molecule has 3 rings (SSSR count). The summed E-state index contributed by atoms with van der Waals surface area (Å²) in [4.78, 5) is 12.5. The van der Waals surface area contributed by atoms with E-state index in [4.69, 9.17) is 5.11 Å². The van der Waals surface area contributed by atoms with Gasteiger partial charge in [-0.3, -0.25) is 4.79 Å². The molecule has 1 atom stereocenters. The highest BCUT2D eigenvalue weighted by Crippen LogP contribution is 2.25. The number of aliphatic hydroxyl groups is 1. The summed E-state index contributed by atoms with van der Waals surface area (Å²) in [6.45, 7) is 6.58. The van der Waals surface area contributed by atoms with Gasteiger partial charge in [0.1, 0.15) is 0 Å². The molecule has 0 aliphatic heterocycles. The first-order valence-electron chi connectivity index (χ1n) is 12.7. The molecular weight excluding hydrogens is 520 g/mol. The fourth-order valence-corrected chi connectivity index (χ4v) is 6.51. The fourth-order valence-electron chi connectivity index (χ4n) is 4.30. The molecule has 9 heteroatoms. The molecule has 206 valence electrons. The summed E-state index contributed by atoms with van der Waals surface area (Å²) in [5.41, 5.74) is 3.33. The van der Waals surface area contributed by atoms with Crippen LogP contribution in [0.3, 0.4) is 0 Å². The Morgan fingerprint density at radius 2 is 1.82 bits per heavy atom. The number of aliphatic hydroxyl groups excluding tert-OH is 1. The van der Waals surface area contributed by atoms with Gasteiger partial charge in [0, 0.05) is 30.6 Å². The van der Waals surface area contributed by atoms with E-state index < -0.39 is 22.1 Å². The third-order valence-corrected chi connectivity index (χ3v) is 9.54. The van der Waals surface area contributed by atoms with Gasteiger partial charge >= 0.3 is 5.97 Å². The average Bonchev–Trinajstić information content (AvgIpc) is 3.27. The molecule has 0 spiro atoms. The number of β-amino-alcohol motifs (C(OH)–C–C–N with tert-alkyl or cyclic N) is 1. The van der Waals surface area contributed by atoms with Crippen LogP contribution in [0.1, 0.15) is 42.7 Å². The van der Waals surface area contributed by atoms with Gasteiger partial charge in [-0.15, -0.1) is 11.3 Å². The van der Waals surface area contributed by atoms with Crippen LogP contribution in [0.4, 0.5) is 0 Å². The van der Waals surface area contributed by atoms with Crippen LogP contribution in [0.2, 0.25) is 0 Å². The number of carboxylic acids is 1. The second-order valence-electron chi connectivity index (χ2n) is 10.4. The molecule has 1 heterocycles. The zero-order chi connectivity index (χ0) is 27.9. The molecule has 3 aromatic rings. The molecular formula is C29H38N2O5S2. The molecule has 1 aromatic heterocycles. The molecule has 0 fully saturated rings. The highest BCUT2D eigenvalue weighted by molar-refractivity contribution is 7.89. The maximum Gasteiger partial charge on any atom is 0.307 e. The number of aliphatic carboxylic acids is 1. The Bertz CT molecular complexity index is 1320. The zero-order valence-corrected chi connectivity index (χ0v) is 24.1. The highest BCUT2D eigenvalue weighted by Gasteiger charge is 2.25. The second kappa shape index (κ2) is 13.0. The monoisotopic (exact) mass is 558 g/mol. The number of aryl methyl sites for hydroxylation is 2. The summed E-state index contributed by atoms with van der Waals surface area (Å²) in [6.07, 6.45) is 2.07. The van der Waals surface area contributed by atoms with E-state index in [0.717, 1.165) is 24.8 Å². The number of likely N-dealkylation sites (N-methyl/N-ethyl adjacent to an activating group) is 1. The van der Waals surface area contributed by atoms with Gasteiger partial charge in [-0.25, -0.2) is 8.42 Å². The Hall–Kier alpha value is -2.56. The van der Waals surface area contributed by atoms with E-state index in [2.05, 4.69) is 37.5 Å². The van der Waals surface area contributed by atoms with Crippen molar-refractivity contribution in [2.75, 3.05) is 20.1 Å². The lowest BCUT2D eigenvalue weighted by molar-refractivity contribution is -0.136. The molecule has 2 aromatic carbocycles. The summed E-state index contributed by atoms with van der Waals surface area (Å²) < 4.78 is 27.7. The fraction of sp³-hybridized carbons (Fsp3) is 0.414. The lowest BCUT2D eigenvalue weighted by Gasteiger charge is -2.29. The normalized spacial score (nSPS) is 13.1. The van der Waals surface area contributed by atoms with Crippen molar-refractivity contribution in [2.45, 2.75) is 63.0 Å². The van der Waals surface area contributed by atoms with Gasteiger partial charge < -0.3 is 15.5 Å². The number of sulfonamides is 1. The van der Waals surface area contributed by atoms with E-state index in [9.17, 15) is 18.3 Å². The molecule has 0 saturated carbocycles. The molecule has 0 aliphatic rings. The number of rotatable bonds is 14. The predicted molar refractivity (Wildman–Crippen MR) is 153 cm³/mol. The molecule has 1 unspecified atom stereocenters. The Labute approximate surface area is 230 Å². The van der Waals surface area contributed by atoms with Crippen LogP contribution in [-0.2, 0) is 27.7 Å². The number of benzene rings is 2. The van der Waals surface area contributed by atoms with Crippen molar-refractivity contribution in [1.82, 2.24) is 9.62 Å². The first-order chi connectivity index (χ1) is 17.9. The van der Waals surface area contributed by atoms with Crippen LogP contribution >= 0.6 is 11.3 Å². The molecule has 38 heavy (non-hydrogen) atoms. The van der Waals surface area contributed by atoms with Crippen molar-refractivity contribution in [3.05, 3.63) is 76.0 Å². The van der Waals surface area contributed by atoms with Crippen molar-refractivity contribution >= 4 is 27.3 Å². The first-order valence-corrected chi connectivity index (χ1v) is 15.0. The molecule has 0 amide bonds. The number of thiophene rings is 1. The zero-order valence-electron chi connectivity index (χ0n) is 22.5. The van der Waals surface area contributed by atoms with Gasteiger partial charge in [0.05, 0.1) is 17.4 Å². The van der Waals surface area contributed by atoms with Gasteiger partial charge in [0.15, 0.2) is 0 Å². The molecule has 0 radical (unpaired) electrons. The molecule has 3 N–H and O–H groups in total. The summed E-state index contributed by atoms with van der Waals surface area (Å²) in [5, 5.41) is 25.1. The molecule has 0 saturated heterocycles. The van der Waals surface area contributed by atoms with Crippen molar-refractivity contribution in [2.24, 2.45) is 0 Å². The van der Waals surface area contributed by atoms with Crippen molar-refractivity contribution in [1.29, 1.82) is 0 Å². The van der Waals surface area contributed by atoms with Gasteiger partial charge in [-0.2, -0.15) is 4.31 Å². The average molecular weight is 559 g/mol. The van der Waals surface area contributed by atoms with Crippen molar-refractivity contribution in [3.63, 3.8) is 0 Å². The van der Waals surface area contributed by atoms with E-state index in [0.29, 0.717) is 11.1 Å². The summed E-state index contributed by atoms with van der Waals surface area (Å²) in [6, 6.07) is 15.8. The standard InChI is InChI=1S/C29H38N2O5S2/c1-21-14-16-37-27(21)9-6-15-29(2,3)30-19-25(32)20-31(4)38(35,36)26-8-5-7-24(18-26)23-12-10-22(11-13-23)17-28(33)34/h5,7-8,10-14,16,18,25,30,32H,6,9,15,17,19-20H2,1-4H3,(H,33,34). The lowest BCUT2D eigenvalue weighted by atomic mass is 9.96. The van der Waals surface area contributed by atoms with Gasteiger partial charge in [0.25, 0.3) is 0 Å². The number of hydrogen-bond donors (Lipinski definition) is 3. The Kier molecular flexibility index (Phi) is 10.3. The lowest BCUT2D eigenvalue weighted by Crippen LogP contribution is -2.46. The molecule has 0 aliphatic carbocycles. The van der Waals surface area contributed by atoms with Gasteiger partial charge in [-0.05, 0) is 85.9 Å². The number of nitrogens with zero attached hydrogens (tertiary/aromatic N) is 1. The molecule has 0 bridgehead atoms. The van der Waals surface area contributed by atoms with E-state index in [1.165, 1.54) is 27.9 Å². The maximum atomic E-state index is 13.2. The van der Waals surface area contributed by atoms with E-state index in [1.54, 1.807) is 47.7 Å². The van der Waals surface area contributed by atoms with E-state index in [-0.39, 0.29) is 29.9 Å². The third kappa shape index (κ3) is 8.47. The number of carboxylic acid groups (broad SMARTS) is 1. The molecule has 7 nitrogen and oxygen atoms in total. The Morgan fingerprint density at radius 3 is 2.45 bits per heavy atom. The smallest absolute Gasteiger partial charge is 0.307 e. The summed E-state index contributed by atoms with van der Waals surface area (Å²) in [5.74, 6) is -0.904. The van der Waals surface area contributed by atoms with Crippen LogP contribution in [0.15, 0.2) is 64.9 Å². The predicted octanol–water partition coefficient (Wildman–Crippen LogP) is 4.72. The van der Waals surface area contributed by atoms with Crippen LogP contribution in [-0.4, -0.2) is 60.7 Å². The Balaban J connectivity index is 1.56. The van der Waals surface area contributed by atoms with Gasteiger partial charge in [-0.1, -0.05) is 36.4 Å². The van der Waals surface area contributed by atoms with Crippen LogP contribution in [0.5, 0.6) is 0 Å². The van der Waals surface area contributed by atoms with Crippen LogP contribution in [0, 0.1) is 6.92 Å². The first kappa shape index (κ1) is 30.0. The SMILES string of the molecule is Cc1ccsc1CCCC(C)(C)NCC(O)CN(C)S(=O)(=O)c1cccc(-c2ccc(CC(=O)O)cc2)c1. The van der Waals surface area contributed by atoms with E-state index in [1.807, 2.05) is 6.07 Å². The Morgan fingerprint density at radius 1 is 1.11 bits per heavy atom. The summed E-state index contributed by atoms with van der Waals surface area (Å²) >= 11 is 1.79. The van der Waals surface area contributed by atoms with E-state index >= 15 is 0 Å². The topological polar surface area (TPSA) is 107 Å². The minimum atomic E-state index is -3.82. The van der Waals surface area contributed by atoms with Crippen molar-refractivity contribution < 1.29 is 23.4 Å². The highest BCUT2D eigenvalue weighted by atomic mass is 32.2. The minimum Gasteiger partial charge on any atom is -0.481 e.